The van der Waals surface area contributed by atoms with Crippen LogP contribution in [0.15, 0.2) is 0 Å². The minimum absolute atomic E-state index is 0.858. The largest absolute Gasteiger partial charge is 0.0651 e. The molecule has 0 saturated carbocycles. The Balaban J connectivity index is 3.93. The average Bonchev–Trinajstić information content (AvgIpc) is 2.11. The first-order valence-electron chi connectivity index (χ1n) is 6.02. The lowest BCUT2D eigenvalue weighted by molar-refractivity contribution is 0.247. The monoisotopic (exact) mass is 184 g/mol. The lowest BCUT2D eigenvalue weighted by atomic mass is 9.80. The van der Waals surface area contributed by atoms with Crippen molar-refractivity contribution in [3.8, 4) is 0 Å². The molecular formula is C13H28. The fraction of sp³-hybridized carbons (Fsp3) is 1.00. The number of hydrogen-bond acceptors (Lipinski definition) is 0. The SMILES string of the molecule is CCC(C)C(C)CC(CC)C(C)C. The summed E-state index contributed by atoms with van der Waals surface area (Å²) in [4.78, 5) is 0. The molecule has 0 aromatic rings. The van der Waals surface area contributed by atoms with Gasteiger partial charge in [0.15, 0.2) is 0 Å². The molecule has 80 valence electrons. The molecule has 0 aromatic heterocycles. The predicted octanol–water partition coefficient (Wildman–Crippen LogP) is 4.74. The van der Waals surface area contributed by atoms with Crippen molar-refractivity contribution in [2.45, 2.75) is 60.8 Å². The van der Waals surface area contributed by atoms with Gasteiger partial charge in [0.05, 0.1) is 0 Å². The van der Waals surface area contributed by atoms with Crippen molar-refractivity contribution in [2.24, 2.45) is 23.7 Å². The summed E-state index contributed by atoms with van der Waals surface area (Å²) in [7, 11) is 0. The quantitative estimate of drug-likeness (QED) is 0.559. The third-order valence-corrected chi connectivity index (χ3v) is 3.76. The molecule has 0 spiro atoms. The Morgan fingerprint density at radius 2 is 1.31 bits per heavy atom. The summed E-state index contributed by atoms with van der Waals surface area (Å²) >= 11 is 0. The standard InChI is InChI=1S/C13H28/c1-7-11(5)12(6)9-13(8-2)10(3)4/h10-13H,7-9H2,1-6H3. The van der Waals surface area contributed by atoms with Gasteiger partial charge in [0.1, 0.15) is 0 Å². The molecule has 0 radical (unpaired) electrons. The van der Waals surface area contributed by atoms with Crippen LogP contribution in [0, 0.1) is 23.7 Å². The van der Waals surface area contributed by atoms with Gasteiger partial charge in [-0.1, -0.05) is 54.4 Å². The summed E-state index contributed by atoms with van der Waals surface area (Å²) in [5, 5.41) is 0. The van der Waals surface area contributed by atoms with Crippen LogP contribution in [0.3, 0.4) is 0 Å². The second-order valence-corrected chi connectivity index (χ2v) is 5.01. The predicted molar refractivity (Wildman–Crippen MR) is 61.9 cm³/mol. The van der Waals surface area contributed by atoms with E-state index in [1.54, 1.807) is 0 Å². The van der Waals surface area contributed by atoms with E-state index in [0.717, 1.165) is 23.7 Å². The minimum atomic E-state index is 0.858. The second kappa shape index (κ2) is 6.45. The topological polar surface area (TPSA) is 0 Å². The van der Waals surface area contributed by atoms with E-state index in [1.807, 2.05) is 0 Å². The lowest BCUT2D eigenvalue weighted by Crippen LogP contribution is -2.16. The highest BCUT2D eigenvalue weighted by atomic mass is 14.2. The molecule has 0 aliphatic rings. The molecule has 0 fully saturated rings. The molecule has 0 heterocycles. The highest BCUT2D eigenvalue weighted by molar-refractivity contribution is 4.68. The summed E-state index contributed by atoms with van der Waals surface area (Å²) in [6.07, 6.45) is 4.09. The van der Waals surface area contributed by atoms with E-state index in [0.29, 0.717) is 0 Å². The molecule has 0 aliphatic carbocycles. The normalized spacial score (nSPS) is 18.7. The molecular weight excluding hydrogens is 156 g/mol. The molecule has 3 atom stereocenters. The van der Waals surface area contributed by atoms with Crippen molar-refractivity contribution in [3.63, 3.8) is 0 Å². The molecule has 0 rings (SSSR count). The fourth-order valence-electron chi connectivity index (χ4n) is 2.02. The molecule has 0 saturated heterocycles. The van der Waals surface area contributed by atoms with Crippen LogP contribution in [0.25, 0.3) is 0 Å². The van der Waals surface area contributed by atoms with Gasteiger partial charge < -0.3 is 0 Å². The maximum Gasteiger partial charge on any atom is -0.0391 e. The molecule has 0 heteroatoms. The van der Waals surface area contributed by atoms with Crippen LogP contribution in [-0.4, -0.2) is 0 Å². The maximum absolute atomic E-state index is 2.42. The average molecular weight is 184 g/mol. The Labute approximate surface area is 85.1 Å². The first-order valence-corrected chi connectivity index (χ1v) is 6.02. The van der Waals surface area contributed by atoms with Gasteiger partial charge in [-0.2, -0.15) is 0 Å². The van der Waals surface area contributed by atoms with Crippen LogP contribution in [0.4, 0.5) is 0 Å². The van der Waals surface area contributed by atoms with Gasteiger partial charge in [0.25, 0.3) is 0 Å². The highest BCUT2D eigenvalue weighted by Gasteiger charge is 2.17. The Morgan fingerprint density at radius 1 is 0.769 bits per heavy atom. The van der Waals surface area contributed by atoms with E-state index >= 15 is 0 Å². The van der Waals surface area contributed by atoms with Crippen LogP contribution >= 0.6 is 0 Å². The Hall–Kier alpha value is 0. The zero-order valence-corrected chi connectivity index (χ0v) is 10.4. The summed E-state index contributed by atoms with van der Waals surface area (Å²) in [6, 6.07) is 0. The summed E-state index contributed by atoms with van der Waals surface area (Å²) in [6.45, 7) is 14.2. The highest BCUT2D eigenvalue weighted by Crippen LogP contribution is 2.28. The van der Waals surface area contributed by atoms with Gasteiger partial charge in [-0.05, 0) is 30.1 Å². The third-order valence-electron chi connectivity index (χ3n) is 3.76. The van der Waals surface area contributed by atoms with Gasteiger partial charge in [0.2, 0.25) is 0 Å². The van der Waals surface area contributed by atoms with Crippen molar-refractivity contribution >= 4 is 0 Å². The fourth-order valence-corrected chi connectivity index (χ4v) is 2.02. The zero-order chi connectivity index (χ0) is 10.4. The maximum atomic E-state index is 2.42. The van der Waals surface area contributed by atoms with Gasteiger partial charge in [0, 0.05) is 0 Å². The van der Waals surface area contributed by atoms with Crippen molar-refractivity contribution in [2.75, 3.05) is 0 Å². The van der Waals surface area contributed by atoms with Gasteiger partial charge in [-0.15, -0.1) is 0 Å². The van der Waals surface area contributed by atoms with Crippen molar-refractivity contribution in [3.05, 3.63) is 0 Å². The molecule has 0 amide bonds. The van der Waals surface area contributed by atoms with E-state index in [4.69, 9.17) is 0 Å². The molecule has 13 heavy (non-hydrogen) atoms. The number of rotatable bonds is 6. The van der Waals surface area contributed by atoms with Gasteiger partial charge in [-0.25, -0.2) is 0 Å². The van der Waals surface area contributed by atoms with E-state index in [-0.39, 0.29) is 0 Å². The first kappa shape index (κ1) is 13.0. The van der Waals surface area contributed by atoms with E-state index in [1.165, 1.54) is 19.3 Å². The Bertz CT molecular complexity index is 115. The van der Waals surface area contributed by atoms with Crippen LogP contribution < -0.4 is 0 Å². The van der Waals surface area contributed by atoms with E-state index in [9.17, 15) is 0 Å². The number of hydrogen-bond donors (Lipinski definition) is 0. The van der Waals surface area contributed by atoms with Gasteiger partial charge >= 0.3 is 0 Å². The summed E-state index contributed by atoms with van der Waals surface area (Å²) < 4.78 is 0. The molecule has 0 aliphatic heterocycles. The Kier molecular flexibility index (Phi) is 6.45. The molecule has 0 bridgehead atoms. The third kappa shape index (κ3) is 4.69. The van der Waals surface area contributed by atoms with Crippen LogP contribution in [0.5, 0.6) is 0 Å². The zero-order valence-electron chi connectivity index (χ0n) is 10.4. The molecule has 0 nitrogen and oxygen atoms in total. The second-order valence-electron chi connectivity index (χ2n) is 5.01. The Morgan fingerprint density at radius 3 is 1.62 bits per heavy atom. The summed E-state index contributed by atoms with van der Waals surface area (Å²) in [5.41, 5.74) is 0. The molecule has 3 unspecified atom stereocenters. The molecule has 0 N–H and O–H groups in total. The van der Waals surface area contributed by atoms with E-state index in [2.05, 4.69) is 41.5 Å². The smallest absolute Gasteiger partial charge is 0.0391 e. The first-order chi connectivity index (χ1) is 6.02. The van der Waals surface area contributed by atoms with E-state index < -0.39 is 0 Å². The van der Waals surface area contributed by atoms with Gasteiger partial charge in [-0.3, -0.25) is 0 Å². The van der Waals surface area contributed by atoms with Crippen LogP contribution in [0.1, 0.15) is 60.8 Å². The summed E-state index contributed by atoms with van der Waals surface area (Å²) in [5.74, 6) is 3.59. The van der Waals surface area contributed by atoms with Crippen molar-refractivity contribution in [1.82, 2.24) is 0 Å². The van der Waals surface area contributed by atoms with Crippen LogP contribution in [-0.2, 0) is 0 Å². The lowest BCUT2D eigenvalue weighted by Gasteiger charge is -2.26. The van der Waals surface area contributed by atoms with Crippen LogP contribution in [0.2, 0.25) is 0 Å². The minimum Gasteiger partial charge on any atom is -0.0651 e. The molecule has 0 aromatic carbocycles. The van der Waals surface area contributed by atoms with Crippen molar-refractivity contribution < 1.29 is 0 Å². The van der Waals surface area contributed by atoms with Crippen molar-refractivity contribution in [1.29, 1.82) is 0 Å².